The molecule has 0 aliphatic carbocycles. The molecule has 4 aromatic carbocycles. The fourth-order valence-corrected chi connectivity index (χ4v) is 10.8. The van der Waals surface area contributed by atoms with Gasteiger partial charge in [-0.15, -0.1) is 35.5 Å². The maximum Gasteiger partial charge on any atom is 0.213 e. The van der Waals surface area contributed by atoms with Crippen LogP contribution in [0.15, 0.2) is 86.7 Å². The smallest absolute Gasteiger partial charge is 0.213 e. The Hall–Kier alpha value is -5.59. The molecule has 326 valence electrons. The maximum atomic E-state index is 10.7. The molecule has 0 bridgehead atoms. The molecular weight excluding hydrogens is 869 g/mol. The van der Waals surface area contributed by atoms with Gasteiger partial charge in [-0.2, -0.15) is 15.0 Å². The van der Waals surface area contributed by atoms with E-state index in [4.69, 9.17) is 55.5 Å². The van der Waals surface area contributed by atoms with E-state index in [1.165, 1.54) is 16.9 Å². The number of hydrogen-bond acceptors (Lipinski definition) is 13. The molecular formula is C50H52N10S4. The number of fused-ring (bicyclic) bond motifs is 2. The minimum Gasteiger partial charge on any atom is -0.338 e. The SMILES string of the molecule is CCc1cc(C)c(S)c(CC)c1Nc1nc(N(c2nc3ccccc3s2)c2c(CC)cc(C)c(S)c2CC)cc(C)c1N=Nc1c(C#N)c(C(C)(C)C)nn1-c1nc2ccccc2s1. The number of para-hydroxylation sites is 2. The van der Waals surface area contributed by atoms with Crippen LogP contribution in [0.4, 0.5) is 39.6 Å². The first-order valence-corrected chi connectivity index (χ1v) is 24.2. The zero-order chi connectivity index (χ0) is 45.6. The summed E-state index contributed by atoms with van der Waals surface area (Å²) in [4.78, 5) is 19.8. The fourth-order valence-electron chi connectivity index (χ4n) is 8.23. The van der Waals surface area contributed by atoms with E-state index in [9.17, 15) is 5.26 Å². The number of anilines is 5. The Morgan fingerprint density at radius 3 is 1.95 bits per heavy atom. The lowest BCUT2D eigenvalue weighted by molar-refractivity contribution is 0.559. The number of hydrogen-bond donors (Lipinski definition) is 3. The highest BCUT2D eigenvalue weighted by Crippen LogP contribution is 2.47. The molecule has 8 rings (SSSR count). The van der Waals surface area contributed by atoms with Crippen molar-refractivity contribution in [2.75, 3.05) is 10.2 Å². The van der Waals surface area contributed by atoms with Gasteiger partial charge in [0, 0.05) is 20.9 Å². The van der Waals surface area contributed by atoms with Crippen LogP contribution in [0, 0.1) is 32.1 Å². The van der Waals surface area contributed by atoms with Crippen molar-refractivity contribution in [3.05, 3.63) is 117 Å². The molecule has 0 amide bonds. The Bertz CT molecular complexity index is 3100. The molecule has 4 heterocycles. The van der Waals surface area contributed by atoms with Crippen molar-refractivity contribution in [2.45, 2.75) is 110 Å². The number of thiazole rings is 2. The van der Waals surface area contributed by atoms with E-state index < -0.39 is 5.41 Å². The van der Waals surface area contributed by atoms with Crippen LogP contribution in [0.3, 0.4) is 0 Å². The molecule has 10 nitrogen and oxygen atoms in total. The third-order valence-electron chi connectivity index (χ3n) is 11.5. The number of nitriles is 1. The molecule has 0 atom stereocenters. The average Bonchev–Trinajstić information content (AvgIpc) is 4.01. The monoisotopic (exact) mass is 920 g/mol. The van der Waals surface area contributed by atoms with Crippen molar-refractivity contribution >= 4 is 108 Å². The van der Waals surface area contributed by atoms with Crippen molar-refractivity contribution in [1.82, 2.24) is 24.7 Å². The predicted octanol–water partition coefficient (Wildman–Crippen LogP) is 15.0. The topological polar surface area (TPSA) is 120 Å². The van der Waals surface area contributed by atoms with Crippen LogP contribution in [-0.2, 0) is 31.1 Å². The minimum absolute atomic E-state index is 0.301. The molecule has 0 saturated carbocycles. The zero-order valence-corrected chi connectivity index (χ0v) is 41.3. The number of benzene rings is 4. The first-order chi connectivity index (χ1) is 30.7. The van der Waals surface area contributed by atoms with Gasteiger partial charge < -0.3 is 5.32 Å². The highest BCUT2D eigenvalue weighted by molar-refractivity contribution is 7.80. The van der Waals surface area contributed by atoms with Crippen LogP contribution >= 0.6 is 47.9 Å². The summed E-state index contributed by atoms with van der Waals surface area (Å²) in [5.74, 6) is 1.47. The molecule has 0 spiro atoms. The second-order valence-electron chi connectivity index (χ2n) is 16.9. The second-order valence-corrected chi connectivity index (χ2v) is 19.8. The van der Waals surface area contributed by atoms with Gasteiger partial charge in [0.15, 0.2) is 16.8 Å². The lowest BCUT2D eigenvalue weighted by Crippen LogP contribution is -2.17. The molecule has 4 aromatic heterocycles. The van der Waals surface area contributed by atoms with Crippen molar-refractivity contribution in [3.63, 3.8) is 0 Å². The maximum absolute atomic E-state index is 10.7. The summed E-state index contributed by atoms with van der Waals surface area (Å²) in [7, 11) is 0. The van der Waals surface area contributed by atoms with Gasteiger partial charge in [0.05, 0.1) is 31.8 Å². The highest BCUT2D eigenvalue weighted by Gasteiger charge is 2.31. The Morgan fingerprint density at radius 2 is 1.36 bits per heavy atom. The molecule has 1 N–H and O–H groups in total. The number of aromatic nitrogens is 5. The Kier molecular flexibility index (Phi) is 12.7. The second kappa shape index (κ2) is 18.1. The summed E-state index contributed by atoms with van der Waals surface area (Å²) >= 11 is 13.2. The van der Waals surface area contributed by atoms with Gasteiger partial charge in [-0.05, 0) is 116 Å². The molecule has 14 heteroatoms. The average molecular weight is 921 g/mol. The molecule has 0 aliphatic rings. The van der Waals surface area contributed by atoms with E-state index in [1.807, 2.05) is 70.2 Å². The molecule has 64 heavy (non-hydrogen) atoms. The highest BCUT2D eigenvalue weighted by atomic mass is 32.1. The van der Waals surface area contributed by atoms with E-state index in [1.54, 1.807) is 16.0 Å². The van der Waals surface area contributed by atoms with Gasteiger partial charge in [-0.25, -0.2) is 15.0 Å². The Balaban J connectivity index is 1.41. The summed E-state index contributed by atoms with van der Waals surface area (Å²) in [6.07, 6.45) is 3.09. The lowest BCUT2D eigenvalue weighted by atomic mass is 9.90. The number of thiol groups is 2. The first kappa shape index (κ1) is 45.0. The lowest BCUT2D eigenvalue weighted by Gasteiger charge is -2.29. The third-order valence-corrected chi connectivity index (χ3v) is 14.8. The van der Waals surface area contributed by atoms with Crippen LogP contribution in [0.1, 0.15) is 98.7 Å². The quantitative estimate of drug-likeness (QED) is 0.0824. The van der Waals surface area contributed by atoms with E-state index >= 15 is 0 Å². The number of nitrogens with one attached hydrogen (secondary N) is 1. The van der Waals surface area contributed by atoms with Gasteiger partial charge in [-0.1, -0.05) is 108 Å². The number of aryl methyl sites for hydroxylation is 5. The number of pyridine rings is 1. The third kappa shape index (κ3) is 8.19. The standard InChI is InChI=1S/C50H52N10S4/c1-11-30-23-28(6)43(61)32(13-3)41(30)55-46-40(56-57-47-34(26-51)45(50(8,9)10)58-60(47)49-53-36-20-16-18-22-38(36)64-49)27(5)25-39(54-46)59(48-52-35-19-15-17-21-37(35)63-48)42-31(12-2)24-29(7)44(62)33(42)14-4/h15-25,61-62H,11-14H2,1-10H3,(H,54,55). The van der Waals surface area contributed by atoms with Crippen LogP contribution in [-0.4, -0.2) is 24.7 Å². The van der Waals surface area contributed by atoms with Crippen molar-refractivity contribution in [2.24, 2.45) is 10.2 Å². The van der Waals surface area contributed by atoms with Gasteiger partial charge in [0.25, 0.3) is 0 Å². The van der Waals surface area contributed by atoms with E-state index in [0.717, 1.165) is 106 Å². The number of nitrogens with zero attached hydrogens (tertiary/aromatic N) is 9. The van der Waals surface area contributed by atoms with Gasteiger partial charge in [0.2, 0.25) is 5.13 Å². The summed E-state index contributed by atoms with van der Waals surface area (Å²) < 4.78 is 3.74. The van der Waals surface area contributed by atoms with Crippen LogP contribution < -0.4 is 10.2 Å². The molecule has 0 unspecified atom stereocenters. The van der Waals surface area contributed by atoms with E-state index in [-0.39, 0.29) is 0 Å². The molecule has 8 aromatic rings. The largest absolute Gasteiger partial charge is 0.338 e. The number of azo groups is 1. The number of rotatable bonds is 12. The zero-order valence-electron chi connectivity index (χ0n) is 37.9. The van der Waals surface area contributed by atoms with Crippen LogP contribution in [0.5, 0.6) is 0 Å². The summed E-state index contributed by atoms with van der Waals surface area (Å²) in [6, 6.07) is 25.1. The van der Waals surface area contributed by atoms with Crippen molar-refractivity contribution in [1.29, 1.82) is 5.26 Å². The first-order valence-electron chi connectivity index (χ1n) is 21.6. The van der Waals surface area contributed by atoms with Crippen molar-refractivity contribution < 1.29 is 0 Å². The predicted molar refractivity (Wildman–Crippen MR) is 272 cm³/mol. The fraction of sp³-hybridized carbons (Fsp3) is 0.300. The molecule has 0 aliphatic heterocycles. The van der Waals surface area contributed by atoms with Crippen LogP contribution in [0.2, 0.25) is 0 Å². The molecule has 0 saturated heterocycles. The summed E-state index contributed by atoms with van der Waals surface area (Å²) in [6.45, 7) is 21.0. The Morgan fingerprint density at radius 1 is 0.750 bits per heavy atom. The van der Waals surface area contributed by atoms with Gasteiger partial charge >= 0.3 is 0 Å². The van der Waals surface area contributed by atoms with Gasteiger partial charge in [-0.3, -0.25) is 4.90 Å². The normalized spacial score (nSPS) is 11.9. The van der Waals surface area contributed by atoms with E-state index in [2.05, 4.69) is 82.1 Å². The summed E-state index contributed by atoms with van der Waals surface area (Å²) in [5.41, 5.74) is 12.3. The minimum atomic E-state index is -0.464. The molecule has 0 fully saturated rings. The van der Waals surface area contributed by atoms with Crippen LogP contribution in [0.25, 0.3) is 25.6 Å². The van der Waals surface area contributed by atoms with Crippen molar-refractivity contribution in [3.8, 4) is 11.2 Å². The molecule has 0 radical (unpaired) electrons. The van der Waals surface area contributed by atoms with E-state index in [0.29, 0.717) is 39.5 Å². The summed E-state index contributed by atoms with van der Waals surface area (Å²) in [5, 5.41) is 30.9. The Labute approximate surface area is 394 Å². The van der Waals surface area contributed by atoms with Gasteiger partial charge in [0.1, 0.15) is 23.1 Å².